The molecule has 0 radical (unpaired) electrons. The fourth-order valence-electron chi connectivity index (χ4n) is 2.79. The maximum absolute atomic E-state index is 13.8. The predicted octanol–water partition coefficient (Wildman–Crippen LogP) is 0.664. The van der Waals surface area contributed by atoms with Crippen LogP contribution in [0.3, 0.4) is 0 Å². The Morgan fingerprint density at radius 3 is 3.00 bits per heavy atom. The van der Waals surface area contributed by atoms with Gasteiger partial charge in [-0.3, -0.25) is 4.79 Å². The molecule has 1 atom stereocenters. The molecule has 6 nitrogen and oxygen atoms in total. The van der Waals surface area contributed by atoms with Gasteiger partial charge in [0.25, 0.3) is 5.91 Å². The number of halogens is 2. The maximum atomic E-state index is 13.8. The van der Waals surface area contributed by atoms with Crippen LogP contribution in [0.1, 0.15) is 12.8 Å². The van der Waals surface area contributed by atoms with Gasteiger partial charge in [0.1, 0.15) is 16.7 Å². The highest BCUT2D eigenvalue weighted by molar-refractivity contribution is 6.30. The predicted molar refractivity (Wildman–Crippen MR) is 78.0 cm³/mol. The lowest BCUT2D eigenvalue weighted by Crippen LogP contribution is -2.60. The smallest absolute Gasteiger partial charge is 0.264 e. The van der Waals surface area contributed by atoms with Crippen LogP contribution in [-0.4, -0.2) is 47.4 Å². The van der Waals surface area contributed by atoms with E-state index >= 15 is 0 Å². The van der Waals surface area contributed by atoms with Crippen molar-refractivity contribution in [1.82, 2.24) is 15.5 Å². The maximum Gasteiger partial charge on any atom is 0.264 e. The Bertz CT molecular complexity index is 570. The summed E-state index contributed by atoms with van der Waals surface area (Å²) in [6, 6.07) is 0. The van der Waals surface area contributed by atoms with Gasteiger partial charge in [-0.1, -0.05) is 11.6 Å². The first-order valence-electron chi connectivity index (χ1n) is 7.06. The number of hydrogen-bond acceptors (Lipinski definition) is 5. The molecule has 1 unspecified atom stereocenters. The molecule has 0 aromatic heterocycles. The average Bonchev–Trinajstić information content (AvgIpc) is 2.87. The second-order valence-corrected chi connectivity index (χ2v) is 5.89. The lowest BCUT2D eigenvalue weighted by molar-refractivity contribution is -0.129. The largest absolute Gasteiger partial charge is 0.394 e. The van der Waals surface area contributed by atoms with Crippen LogP contribution in [0.25, 0.3) is 0 Å². The van der Waals surface area contributed by atoms with Gasteiger partial charge in [0.05, 0.1) is 12.1 Å². The number of aliphatic hydroxyl groups excluding tert-OH is 1. The highest BCUT2D eigenvalue weighted by Gasteiger charge is 2.41. The van der Waals surface area contributed by atoms with Crippen LogP contribution in [0.2, 0.25) is 0 Å². The fourth-order valence-corrected chi connectivity index (χ4v) is 3.09. The molecule has 22 heavy (non-hydrogen) atoms. The Kier molecular flexibility index (Phi) is 4.12. The molecule has 1 saturated heterocycles. The fraction of sp³-hybridized carbons (Fsp3) is 0.500. The molecule has 1 fully saturated rings. The summed E-state index contributed by atoms with van der Waals surface area (Å²) in [6.07, 6.45) is 4.58. The summed E-state index contributed by atoms with van der Waals surface area (Å²) >= 11 is 5.99. The van der Waals surface area contributed by atoms with Gasteiger partial charge >= 0.3 is 0 Å². The summed E-state index contributed by atoms with van der Waals surface area (Å²) in [7, 11) is 0. The number of allylic oxidation sites excluding steroid dienone is 3. The molecule has 3 rings (SSSR count). The second-order valence-electron chi connectivity index (χ2n) is 5.51. The lowest BCUT2D eigenvalue weighted by atomic mass is 9.91. The third-order valence-corrected chi connectivity index (χ3v) is 4.40. The molecule has 8 heteroatoms. The Morgan fingerprint density at radius 2 is 2.32 bits per heavy atom. The van der Waals surface area contributed by atoms with E-state index in [1.54, 1.807) is 6.20 Å². The summed E-state index contributed by atoms with van der Waals surface area (Å²) in [6.45, 7) is 0.779. The highest BCUT2D eigenvalue weighted by atomic mass is 35.5. The van der Waals surface area contributed by atoms with Crippen LogP contribution >= 0.6 is 11.6 Å². The summed E-state index contributed by atoms with van der Waals surface area (Å²) in [5.41, 5.74) is -0.561. The Hall–Kier alpha value is -1.57. The zero-order valence-corrected chi connectivity index (χ0v) is 12.6. The first-order chi connectivity index (χ1) is 10.6. The monoisotopic (exact) mass is 329 g/mol. The Balaban J connectivity index is 1.74. The van der Waals surface area contributed by atoms with E-state index in [9.17, 15) is 14.3 Å². The Morgan fingerprint density at radius 1 is 1.59 bits per heavy atom. The third-order valence-electron chi connectivity index (χ3n) is 4.11. The number of rotatable bonds is 3. The topological polar surface area (TPSA) is 73.8 Å². The molecular weight excluding hydrogens is 313 g/mol. The van der Waals surface area contributed by atoms with E-state index in [1.807, 2.05) is 0 Å². The molecular formula is C14H17ClFN3O3. The molecule has 0 aliphatic carbocycles. The SMILES string of the molecule is O=C(NC1(CO)CCOCC1)C1NC(Cl)=C2C(F)=CC=CN21. The quantitative estimate of drug-likeness (QED) is 0.664. The van der Waals surface area contributed by atoms with E-state index in [1.165, 1.54) is 17.1 Å². The molecule has 0 saturated carbocycles. The number of amides is 1. The molecule has 0 spiro atoms. The number of ether oxygens (including phenoxy) is 1. The van der Waals surface area contributed by atoms with Crippen LogP contribution in [-0.2, 0) is 9.53 Å². The van der Waals surface area contributed by atoms with Crippen molar-refractivity contribution in [3.8, 4) is 0 Å². The molecule has 3 heterocycles. The van der Waals surface area contributed by atoms with Gasteiger partial charge in [0.15, 0.2) is 6.17 Å². The number of hydrogen-bond donors (Lipinski definition) is 3. The minimum absolute atomic E-state index is 0.0864. The number of nitrogens with zero attached hydrogens (tertiary/aromatic N) is 1. The van der Waals surface area contributed by atoms with E-state index in [0.29, 0.717) is 26.1 Å². The number of carbonyl (C=O) groups is 1. The zero-order valence-electron chi connectivity index (χ0n) is 11.8. The first-order valence-corrected chi connectivity index (χ1v) is 7.44. The number of carbonyl (C=O) groups excluding carboxylic acids is 1. The van der Waals surface area contributed by atoms with Crippen LogP contribution in [0.5, 0.6) is 0 Å². The van der Waals surface area contributed by atoms with Crippen molar-refractivity contribution >= 4 is 17.5 Å². The number of aliphatic hydroxyl groups is 1. The van der Waals surface area contributed by atoms with Gasteiger partial charge in [-0.05, 0) is 25.0 Å². The summed E-state index contributed by atoms with van der Waals surface area (Å²) in [5.74, 6) is -0.873. The second kappa shape index (κ2) is 5.91. The van der Waals surface area contributed by atoms with Crippen LogP contribution in [0, 0.1) is 0 Å². The molecule has 3 aliphatic rings. The van der Waals surface area contributed by atoms with Gasteiger partial charge in [0, 0.05) is 19.4 Å². The van der Waals surface area contributed by atoms with Crippen molar-refractivity contribution < 1.29 is 19.0 Å². The average molecular weight is 330 g/mol. The van der Waals surface area contributed by atoms with Crippen molar-refractivity contribution in [2.75, 3.05) is 19.8 Å². The number of nitrogens with one attached hydrogen (secondary N) is 2. The van der Waals surface area contributed by atoms with Crippen molar-refractivity contribution in [2.24, 2.45) is 0 Å². The molecule has 120 valence electrons. The van der Waals surface area contributed by atoms with E-state index in [0.717, 1.165) is 0 Å². The molecule has 0 aromatic rings. The van der Waals surface area contributed by atoms with Gasteiger partial charge in [-0.15, -0.1) is 0 Å². The highest BCUT2D eigenvalue weighted by Crippen LogP contribution is 2.32. The minimum atomic E-state index is -0.843. The summed E-state index contributed by atoms with van der Waals surface area (Å²) < 4.78 is 19.1. The molecule has 3 aliphatic heterocycles. The Labute approximate surface area is 132 Å². The molecule has 1 amide bonds. The normalized spacial score (nSPS) is 26.4. The molecule has 3 N–H and O–H groups in total. The first kappa shape index (κ1) is 15.3. The third kappa shape index (κ3) is 2.60. The van der Waals surface area contributed by atoms with Crippen LogP contribution in [0.4, 0.5) is 4.39 Å². The standard InChI is InChI=1S/C14H17ClFN3O3/c15-11-10-9(16)2-1-5-19(10)12(17-11)13(21)18-14(8-20)3-6-22-7-4-14/h1-2,5,12,17,20H,3-4,6-8H2,(H,18,21). The van der Waals surface area contributed by atoms with Gasteiger partial charge < -0.3 is 25.4 Å². The van der Waals surface area contributed by atoms with Crippen LogP contribution < -0.4 is 10.6 Å². The van der Waals surface area contributed by atoms with E-state index in [-0.39, 0.29) is 23.4 Å². The van der Waals surface area contributed by atoms with Crippen LogP contribution in [0.15, 0.2) is 35.0 Å². The van der Waals surface area contributed by atoms with Crippen molar-refractivity contribution in [2.45, 2.75) is 24.5 Å². The summed E-state index contributed by atoms with van der Waals surface area (Å²) in [4.78, 5) is 14.0. The van der Waals surface area contributed by atoms with Crippen molar-refractivity contribution in [1.29, 1.82) is 0 Å². The lowest BCUT2D eigenvalue weighted by Gasteiger charge is -2.38. The molecule has 0 bridgehead atoms. The van der Waals surface area contributed by atoms with E-state index in [4.69, 9.17) is 16.3 Å². The number of fused-ring (bicyclic) bond motifs is 1. The molecule has 0 aromatic carbocycles. The van der Waals surface area contributed by atoms with Gasteiger partial charge in [-0.25, -0.2) is 4.39 Å². The van der Waals surface area contributed by atoms with Crippen molar-refractivity contribution in [3.63, 3.8) is 0 Å². The zero-order chi connectivity index (χ0) is 15.7. The van der Waals surface area contributed by atoms with E-state index < -0.39 is 17.5 Å². The minimum Gasteiger partial charge on any atom is -0.394 e. The van der Waals surface area contributed by atoms with Gasteiger partial charge in [0.2, 0.25) is 0 Å². The van der Waals surface area contributed by atoms with Crippen molar-refractivity contribution in [3.05, 3.63) is 35.0 Å². The van der Waals surface area contributed by atoms with E-state index in [2.05, 4.69) is 10.6 Å². The summed E-state index contributed by atoms with van der Waals surface area (Å²) in [5, 5.41) is 15.4. The van der Waals surface area contributed by atoms with Gasteiger partial charge in [-0.2, -0.15) is 0 Å².